The van der Waals surface area contributed by atoms with E-state index < -0.39 is 5.97 Å². The number of halogens is 1. The van der Waals surface area contributed by atoms with Crippen LogP contribution in [0.5, 0.6) is 0 Å². The van der Waals surface area contributed by atoms with Crippen molar-refractivity contribution in [3.05, 3.63) is 44.9 Å². The predicted octanol–water partition coefficient (Wildman–Crippen LogP) is 1.08. The smallest absolute Gasteiger partial charge is 0.309 e. The first-order valence-corrected chi connectivity index (χ1v) is 5.25. The number of carbonyl (C=O) groups is 1. The molecule has 0 fully saturated rings. The third kappa shape index (κ3) is 2.11. The van der Waals surface area contributed by atoms with Gasteiger partial charge in [0.2, 0.25) is 0 Å². The average Bonchev–Trinajstić information content (AvgIpc) is 2.15. The molecule has 0 aliphatic carbocycles. The molecule has 0 radical (unpaired) electrons. The van der Waals surface area contributed by atoms with Crippen LogP contribution in [0.1, 0.15) is 5.69 Å². The number of aromatic nitrogens is 2. The molecule has 0 aromatic carbocycles. The number of aliphatic carboxylic acids is 1. The second-order valence-corrected chi connectivity index (χ2v) is 4.15. The van der Waals surface area contributed by atoms with Crippen LogP contribution in [0.4, 0.5) is 0 Å². The molecule has 0 spiro atoms. The van der Waals surface area contributed by atoms with Crippen LogP contribution >= 0.6 is 15.9 Å². The van der Waals surface area contributed by atoms with Gasteiger partial charge in [0.05, 0.1) is 12.1 Å². The lowest BCUT2D eigenvalue weighted by Crippen LogP contribution is -2.16. The summed E-state index contributed by atoms with van der Waals surface area (Å²) in [5.74, 6) is -1.01. The Balaban J connectivity index is 2.65. The van der Waals surface area contributed by atoms with E-state index in [0.29, 0.717) is 5.65 Å². The SMILES string of the molecule is O=C(O)Cc1cc(=O)n2ccc(Br)cc2n1. The Morgan fingerprint density at radius 2 is 2.25 bits per heavy atom. The third-order valence-corrected chi connectivity index (χ3v) is 2.51. The highest BCUT2D eigenvalue weighted by Crippen LogP contribution is 2.10. The summed E-state index contributed by atoms with van der Waals surface area (Å²) >= 11 is 3.26. The summed E-state index contributed by atoms with van der Waals surface area (Å²) in [4.78, 5) is 26.2. The molecule has 2 aromatic rings. The van der Waals surface area contributed by atoms with Crippen molar-refractivity contribution < 1.29 is 9.90 Å². The molecule has 2 aromatic heterocycles. The monoisotopic (exact) mass is 282 g/mol. The Morgan fingerprint density at radius 3 is 2.94 bits per heavy atom. The fraction of sp³-hybridized carbons (Fsp3) is 0.100. The van der Waals surface area contributed by atoms with Crippen LogP contribution in [0.25, 0.3) is 5.65 Å². The summed E-state index contributed by atoms with van der Waals surface area (Å²) in [6.45, 7) is 0. The fourth-order valence-corrected chi connectivity index (χ4v) is 1.70. The van der Waals surface area contributed by atoms with Gasteiger partial charge in [-0.05, 0) is 12.1 Å². The summed E-state index contributed by atoms with van der Waals surface area (Å²) in [6, 6.07) is 4.61. The highest BCUT2D eigenvalue weighted by atomic mass is 79.9. The number of carboxylic acid groups (broad SMARTS) is 1. The zero-order chi connectivity index (χ0) is 11.7. The lowest BCUT2D eigenvalue weighted by Gasteiger charge is -2.02. The number of fused-ring (bicyclic) bond motifs is 1. The Bertz CT molecular complexity index is 621. The maximum Gasteiger partial charge on any atom is 0.309 e. The largest absolute Gasteiger partial charge is 0.481 e. The summed E-state index contributed by atoms with van der Waals surface area (Å²) in [7, 11) is 0. The lowest BCUT2D eigenvalue weighted by atomic mass is 10.3. The van der Waals surface area contributed by atoms with Crippen LogP contribution in [0, 0.1) is 0 Å². The lowest BCUT2D eigenvalue weighted by molar-refractivity contribution is -0.136. The van der Waals surface area contributed by atoms with Gasteiger partial charge in [0.25, 0.3) is 5.56 Å². The highest BCUT2D eigenvalue weighted by Gasteiger charge is 2.06. The minimum atomic E-state index is -1.01. The summed E-state index contributed by atoms with van der Waals surface area (Å²) in [5.41, 5.74) is 0.405. The number of hydrogen-bond donors (Lipinski definition) is 1. The molecule has 0 aliphatic heterocycles. The Labute approximate surface area is 98.5 Å². The van der Waals surface area contributed by atoms with Crippen LogP contribution in [0.3, 0.4) is 0 Å². The van der Waals surface area contributed by atoms with E-state index in [4.69, 9.17) is 5.11 Å². The molecule has 0 saturated carbocycles. The molecule has 1 N–H and O–H groups in total. The van der Waals surface area contributed by atoms with Gasteiger partial charge in [-0.25, -0.2) is 4.98 Å². The zero-order valence-electron chi connectivity index (χ0n) is 8.05. The predicted molar refractivity (Wildman–Crippen MR) is 60.5 cm³/mol. The van der Waals surface area contributed by atoms with E-state index in [9.17, 15) is 9.59 Å². The van der Waals surface area contributed by atoms with Crippen LogP contribution in [0.15, 0.2) is 33.7 Å². The van der Waals surface area contributed by atoms with E-state index in [1.807, 2.05) is 0 Å². The maximum atomic E-state index is 11.6. The molecule has 5 nitrogen and oxygen atoms in total. The maximum absolute atomic E-state index is 11.6. The van der Waals surface area contributed by atoms with E-state index in [-0.39, 0.29) is 17.7 Å². The summed E-state index contributed by atoms with van der Waals surface area (Å²) < 4.78 is 2.14. The van der Waals surface area contributed by atoms with Crippen LogP contribution in [-0.4, -0.2) is 20.5 Å². The Kier molecular flexibility index (Phi) is 2.74. The molecule has 0 bridgehead atoms. The molecule has 0 saturated heterocycles. The Hall–Kier alpha value is -1.69. The quantitative estimate of drug-likeness (QED) is 0.895. The molecule has 16 heavy (non-hydrogen) atoms. The number of hydrogen-bond acceptors (Lipinski definition) is 3. The van der Waals surface area contributed by atoms with Gasteiger partial charge in [-0.3, -0.25) is 14.0 Å². The summed E-state index contributed by atoms with van der Waals surface area (Å²) in [5, 5.41) is 8.63. The van der Waals surface area contributed by atoms with Gasteiger partial charge >= 0.3 is 5.97 Å². The summed E-state index contributed by atoms with van der Waals surface area (Å²) in [6.07, 6.45) is 1.33. The van der Waals surface area contributed by atoms with Crippen molar-refractivity contribution in [2.45, 2.75) is 6.42 Å². The van der Waals surface area contributed by atoms with E-state index in [2.05, 4.69) is 20.9 Å². The molecule has 2 heterocycles. The van der Waals surface area contributed by atoms with Gasteiger partial charge in [0.1, 0.15) is 5.65 Å². The van der Waals surface area contributed by atoms with Crippen molar-refractivity contribution in [2.24, 2.45) is 0 Å². The first-order valence-electron chi connectivity index (χ1n) is 4.46. The van der Waals surface area contributed by atoms with E-state index in [1.54, 1.807) is 18.3 Å². The van der Waals surface area contributed by atoms with Crippen LogP contribution < -0.4 is 5.56 Å². The number of rotatable bonds is 2. The second-order valence-electron chi connectivity index (χ2n) is 3.23. The zero-order valence-corrected chi connectivity index (χ0v) is 9.64. The molecular weight excluding hydrogens is 276 g/mol. The molecule has 82 valence electrons. The molecule has 0 unspecified atom stereocenters. The van der Waals surface area contributed by atoms with Crippen molar-refractivity contribution >= 4 is 27.5 Å². The van der Waals surface area contributed by atoms with Crippen molar-refractivity contribution in [1.82, 2.24) is 9.38 Å². The molecule has 0 aliphatic rings. The normalized spacial score (nSPS) is 10.6. The van der Waals surface area contributed by atoms with Gasteiger partial charge in [0.15, 0.2) is 0 Å². The van der Waals surface area contributed by atoms with Crippen molar-refractivity contribution in [3.63, 3.8) is 0 Å². The van der Waals surface area contributed by atoms with Gasteiger partial charge in [0, 0.05) is 16.7 Å². The van der Waals surface area contributed by atoms with Crippen molar-refractivity contribution in [1.29, 1.82) is 0 Å². The van der Waals surface area contributed by atoms with Crippen molar-refractivity contribution in [3.8, 4) is 0 Å². The minimum absolute atomic E-state index is 0.252. The van der Waals surface area contributed by atoms with Gasteiger partial charge in [-0.1, -0.05) is 15.9 Å². The molecule has 0 atom stereocenters. The van der Waals surface area contributed by atoms with Crippen LogP contribution in [-0.2, 0) is 11.2 Å². The van der Waals surface area contributed by atoms with Crippen molar-refractivity contribution in [2.75, 3.05) is 0 Å². The van der Waals surface area contributed by atoms with Crippen LogP contribution in [0.2, 0.25) is 0 Å². The van der Waals surface area contributed by atoms with Gasteiger partial charge in [-0.15, -0.1) is 0 Å². The minimum Gasteiger partial charge on any atom is -0.481 e. The molecule has 0 amide bonds. The topological polar surface area (TPSA) is 71.7 Å². The number of carboxylic acids is 1. The van der Waals surface area contributed by atoms with E-state index in [1.165, 1.54) is 10.5 Å². The van der Waals surface area contributed by atoms with Gasteiger partial charge < -0.3 is 5.11 Å². The first kappa shape index (κ1) is 10.8. The molecular formula is C10H7BrN2O3. The Morgan fingerprint density at radius 1 is 1.50 bits per heavy atom. The first-order chi connectivity index (χ1) is 7.56. The third-order valence-electron chi connectivity index (χ3n) is 2.01. The average molecular weight is 283 g/mol. The van der Waals surface area contributed by atoms with E-state index >= 15 is 0 Å². The fourth-order valence-electron chi connectivity index (χ4n) is 1.37. The number of nitrogens with zero attached hydrogens (tertiary/aromatic N) is 2. The highest BCUT2D eigenvalue weighted by molar-refractivity contribution is 9.10. The van der Waals surface area contributed by atoms with Gasteiger partial charge in [-0.2, -0.15) is 0 Å². The standard InChI is InChI=1S/C10H7BrN2O3/c11-6-1-2-13-8(3-6)12-7(4-9(13)14)5-10(15)16/h1-4H,5H2,(H,15,16). The van der Waals surface area contributed by atoms with E-state index in [0.717, 1.165) is 4.47 Å². The molecule has 2 rings (SSSR count). The number of pyridine rings is 1. The molecule has 6 heteroatoms. The second kappa shape index (κ2) is 4.05.